The van der Waals surface area contributed by atoms with E-state index < -0.39 is 12.1 Å². The Hall–Kier alpha value is -3.49. The quantitative estimate of drug-likeness (QED) is 0.393. The minimum atomic E-state index is -0.416. The van der Waals surface area contributed by atoms with E-state index in [2.05, 4.69) is 13.0 Å². The van der Waals surface area contributed by atoms with Crippen molar-refractivity contribution in [1.29, 1.82) is 0 Å². The van der Waals surface area contributed by atoms with Crippen LogP contribution in [0.5, 0.6) is 11.5 Å². The lowest BCUT2D eigenvalue weighted by Crippen LogP contribution is -2.58. The van der Waals surface area contributed by atoms with Gasteiger partial charge < -0.3 is 19.3 Å². The van der Waals surface area contributed by atoms with Crippen LogP contribution >= 0.6 is 23.2 Å². The number of piperazine rings is 1. The maximum Gasteiger partial charge on any atom is 0.326 e. The smallest absolute Gasteiger partial charge is 0.326 e. The van der Waals surface area contributed by atoms with Gasteiger partial charge >= 0.3 is 6.03 Å². The summed E-state index contributed by atoms with van der Waals surface area (Å²) in [5, 5.41) is 1.27. The molecule has 2 aromatic rings. The zero-order chi connectivity index (χ0) is 30.1. The van der Waals surface area contributed by atoms with Crippen molar-refractivity contribution in [3.8, 4) is 11.5 Å². The van der Waals surface area contributed by atoms with Crippen molar-refractivity contribution in [2.45, 2.75) is 39.0 Å². The van der Waals surface area contributed by atoms with Gasteiger partial charge in [0.25, 0.3) is 0 Å². The van der Waals surface area contributed by atoms with Crippen LogP contribution in [-0.4, -0.2) is 78.4 Å². The van der Waals surface area contributed by atoms with Crippen LogP contribution in [0.2, 0.25) is 5.02 Å². The molecule has 2 aliphatic heterocycles. The summed E-state index contributed by atoms with van der Waals surface area (Å²) in [5.74, 6) is 1.46. The molecule has 0 bridgehead atoms. The van der Waals surface area contributed by atoms with E-state index in [0.29, 0.717) is 46.0 Å². The lowest BCUT2D eigenvalue weighted by Gasteiger charge is -2.41. The summed E-state index contributed by atoms with van der Waals surface area (Å²) in [6.45, 7) is 6.86. The number of rotatable bonds is 6. The monoisotopic (exact) mass is 610 g/mol. The first kappa shape index (κ1) is 30.0. The molecular formula is C32H36Cl2N4O4. The molecule has 4 atom stereocenters. The zero-order valence-electron chi connectivity index (χ0n) is 24.5. The summed E-state index contributed by atoms with van der Waals surface area (Å²) in [6, 6.07) is 12.0. The van der Waals surface area contributed by atoms with Gasteiger partial charge in [0.05, 0.1) is 30.9 Å². The number of carbonyl (C=O) groups excluding carboxylic acids is 2. The molecule has 10 heteroatoms. The summed E-state index contributed by atoms with van der Waals surface area (Å²) in [4.78, 5) is 37.6. The number of nitrogens with zero attached hydrogens (tertiary/aromatic N) is 4. The Morgan fingerprint density at radius 2 is 1.83 bits per heavy atom. The molecule has 3 amide bonds. The van der Waals surface area contributed by atoms with Gasteiger partial charge in [-0.1, -0.05) is 54.4 Å². The number of benzene rings is 2. The highest BCUT2D eigenvalue weighted by Gasteiger charge is 2.48. The molecule has 1 fully saturated rings. The third kappa shape index (κ3) is 6.01. The van der Waals surface area contributed by atoms with Crippen LogP contribution in [-0.2, 0) is 4.79 Å². The summed E-state index contributed by atoms with van der Waals surface area (Å²) in [7, 11) is 3.35. The molecule has 2 heterocycles. The third-order valence-corrected chi connectivity index (χ3v) is 8.45. The van der Waals surface area contributed by atoms with Crippen molar-refractivity contribution in [3.05, 3.63) is 81.9 Å². The van der Waals surface area contributed by atoms with Gasteiger partial charge in [0.2, 0.25) is 5.91 Å². The Kier molecular flexibility index (Phi) is 8.85. The molecule has 0 N–H and O–H groups in total. The Labute approximate surface area is 257 Å². The van der Waals surface area contributed by atoms with Crippen molar-refractivity contribution in [3.63, 3.8) is 0 Å². The Bertz CT molecular complexity index is 1440. The molecule has 5 rings (SSSR count). The molecule has 3 aliphatic rings. The van der Waals surface area contributed by atoms with Gasteiger partial charge in [0, 0.05) is 42.2 Å². The normalized spacial score (nSPS) is 24.2. The number of amidine groups is 1. The highest BCUT2D eigenvalue weighted by atomic mass is 35.5. The van der Waals surface area contributed by atoms with Crippen LogP contribution in [0.3, 0.4) is 0 Å². The SMILES string of the molecule is COc1ccc(C2=N[C@H](c3ccc(Cl)cc3)[C@H](C3C=CC(Cl)=CC3C)N2C(=O)N2CCN(C)C(=O)C2)c(OC(C)C)c1. The van der Waals surface area contributed by atoms with E-state index in [1.807, 2.05) is 68.5 Å². The molecular weight excluding hydrogens is 575 g/mol. The number of likely N-dealkylation sites (N-methyl/N-ethyl adjacent to an activating group) is 1. The van der Waals surface area contributed by atoms with Crippen molar-refractivity contribution in [2.24, 2.45) is 16.8 Å². The van der Waals surface area contributed by atoms with Crippen LogP contribution in [0, 0.1) is 11.8 Å². The zero-order valence-corrected chi connectivity index (χ0v) is 26.0. The van der Waals surface area contributed by atoms with Crippen molar-refractivity contribution in [1.82, 2.24) is 14.7 Å². The second kappa shape index (κ2) is 12.4. The van der Waals surface area contributed by atoms with Gasteiger partial charge in [-0.3, -0.25) is 14.7 Å². The first-order valence-corrected chi connectivity index (χ1v) is 14.9. The number of carbonyl (C=O) groups is 2. The minimum absolute atomic E-state index is 0.00278. The largest absolute Gasteiger partial charge is 0.497 e. The maximum absolute atomic E-state index is 14.6. The topological polar surface area (TPSA) is 74.7 Å². The highest BCUT2D eigenvalue weighted by molar-refractivity contribution is 6.31. The lowest BCUT2D eigenvalue weighted by atomic mass is 9.79. The van der Waals surface area contributed by atoms with Crippen molar-refractivity contribution in [2.75, 3.05) is 33.8 Å². The van der Waals surface area contributed by atoms with Gasteiger partial charge in [-0.2, -0.15) is 0 Å². The molecule has 0 radical (unpaired) electrons. The summed E-state index contributed by atoms with van der Waals surface area (Å²) in [6.07, 6.45) is 5.82. The molecule has 2 unspecified atom stereocenters. The number of methoxy groups -OCH3 is 1. The van der Waals surface area contributed by atoms with E-state index in [-0.39, 0.29) is 36.4 Å². The first-order chi connectivity index (χ1) is 20.1. The number of amides is 3. The molecule has 1 aliphatic carbocycles. The van der Waals surface area contributed by atoms with Crippen LogP contribution in [0.25, 0.3) is 0 Å². The molecule has 1 saturated heterocycles. The van der Waals surface area contributed by atoms with Crippen molar-refractivity contribution >= 4 is 41.0 Å². The van der Waals surface area contributed by atoms with Gasteiger partial charge in [-0.15, -0.1) is 0 Å². The highest BCUT2D eigenvalue weighted by Crippen LogP contribution is 2.44. The number of allylic oxidation sites excluding steroid dienone is 3. The Balaban J connectivity index is 1.69. The number of hydrogen-bond acceptors (Lipinski definition) is 5. The minimum Gasteiger partial charge on any atom is -0.497 e. The fraction of sp³-hybridized carbons (Fsp3) is 0.406. The van der Waals surface area contributed by atoms with E-state index in [4.69, 9.17) is 37.7 Å². The van der Waals surface area contributed by atoms with E-state index in [0.717, 1.165) is 5.56 Å². The van der Waals surface area contributed by atoms with E-state index >= 15 is 0 Å². The molecule has 0 aromatic heterocycles. The fourth-order valence-corrected chi connectivity index (χ4v) is 6.14. The predicted molar refractivity (Wildman–Crippen MR) is 165 cm³/mol. The standard InChI is InChI=1S/C32H36Cl2N4O4/c1-19(2)42-27-17-24(41-5)11-13-26(27)31-35-29(21-6-8-22(33)9-7-21)30(25-12-10-23(34)16-20(25)3)38(31)32(40)37-15-14-36(4)28(39)18-37/h6-13,16-17,19-20,25,29-30H,14-15,18H2,1-5H3/t20?,25?,29-,30+/m1/s1. The number of hydrogen-bond donors (Lipinski definition) is 0. The molecule has 2 aromatic carbocycles. The fourth-order valence-electron chi connectivity index (χ4n) is 5.75. The average molecular weight is 612 g/mol. The van der Waals surface area contributed by atoms with Gasteiger partial charge in [-0.05, 0) is 55.7 Å². The molecule has 42 heavy (non-hydrogen) atoms. The Morgan fingerprint density at radius 1 is 1.10 bits per heavy atom. The maximum atomic E-state index is 14.6. The molecule has 222 valence electrons. The second-order valence-electron chi connectivity index (χ2n) is 11.2. The van der Waals surface area contributed by atoms with Gasteiger partial charge in [0.15, 0.2) is 0 Å². The Morgan fingerprint density at radius 3 is 2.48 bits per heavy atom. The third-order valence-electron chi connectivity index (χ3n) is 7.95. The molecule has 8 nitrogen and oxygen atoms in total. The van der Waals surface area contributed by atoms with Crippen molar-refractivity contribution < 1.29 is 19.1 Å². The molecule has 0 saturated carbocycles. The predicted octanol–water partition coefficient (Wildman–Crippen LogP) is 6.15. The molecule has 0 spiro atoms. The lowest BCUT2D eigenvalue weighted by molar-refractivity contribution is -0.133. The summed E-state index contributed by atoms with van der Waals surface area (Å²) >= 11 is 12.7. The van der Waals surface area contributed by atoms with E-state index in [1.54, 1.807) is 28.9 Å². The summed E-state index contributed by atoms with van der Waals surface area (Å²) in [5.41, 5.74) is 1.59. The van der Waals surface area contributed by atoms with E-state index in [9.17, 15) is 9.59 Å². The van der Waals surface area contributed by atoms with Gasteiger partial charge in [0.1, 0.15) is 23.9 Å². The number of ether oxygens (including phenoxy) is 2. The van der Waals surface area contributed by atoms with Crippen LogP contribution in [0.4, 0.5) is 4.79 Å². The number of halogens is 2. The van der Waals surface area contributed by atoms with Gasteiger partial charge in [-0.25, -0.2) is 4.79 Å². The summed E-state index contributed by atoms with van der Waals surface area (Å²) < 4.78 is 11.7. The van der Waals surface area contributed by atoms with Crippen LogP contribution in [0.15, 0.2) is 70.7 Å². The number of aliphatic imine (C=N–C) groups is 1. The van der Waals surface area contributed by atoms with Crippen LogP contribution in [0.1, 0.15) is 37.9 Å². The number of urea groups is 1. The average Bonchev–Trinajstić information content (AvgIpc) is 3.34. The first-order valence-electron chi connectivity index (χ1n) is 14.1. The van der Waals surface area contributed by atoms with Crippen LogP contribution < -0.4 is 9.47 Å². The second-order valence-corrected chi connectivity index (χ2v) is 12.1. The van der Waals surface area contributed by atoms with E-state index in [1.165, 1.54) is 0 Å².